The number of ether oxygens (including phenoxy) is 1. The van der Waals surface area contributed by atoms with Gasteiger partial charge in [0.1, 0.15) is 11.6 Å². The van der Waals surface area contributed by atoms with Crippen LogP contribution in [-0.4, -0.2) is 33.7 Å². The number of aliphatic hydroxyl groups is 1. The molecule has 4 rings (SSSR count). The van der Waals surface area contributed by atoms with Gasteiger partial charge in [0.05, 0.1) is 18.6 Å². The fourth-order valence-corrected chi connectivity index (χ4v) is 3.21. The molecule has 0 aliphatic carbocycles. The number of aliphatic hydroxyl groups excluding tert-OH is 1. The van der Waals surface area contributed by atoms with Crippen LogP contribution in [0.5, 0.6) is 5.75 Å². The van der Waals surface area contributed by atoms with E-state index in [9.17, 15) is 5.11 Å². The highest BCUT2D eigenvalue weighted by Crippen LogP contribution is 2.41. The minimum Gasteiger partial charge on any atom is -0.497 e. The number of fused-ring (bicyclic) bond motifs is 2. The van der Waals surface area contributed by atoms with E-state index in [0.717, 1.165) is 16.6 Å². The number of rotatable bonds is 2. The van der Waals surface area contributed by atoms with Gasteiger partial charge in [-0.2, -0.15) is 9.97 Å². The summed E-state index contributed by atoms with van der Waals surface area (Å²) < 4.78 is 5.27. The quantitative estimate of drug-likeness (QED) is 0.721. The van der Waals surface area contributed by atoms with Gasteiger partial charge in [-0.05, 0) is 48.4 Å². The largest absolute Gasteiger partial charge is 0.497 e. The van der Waals surface area contributed by atoms with Gasteiger partial charge < -0.3 is 14.7 Å². The van der Waals surface area contributed by atoms with Crippen LogP contribution >= 0.6 is 11.6 Å². The highest BCUT2D eigenvalue weighted by molar-refractivity contribution is 6.28. The molecule has 0 saturated carbocycles. The van der Waals surface area contributed by atoms with Crippen molar-refractivity contribution in [3.8, 4) is 5.75 Å². The summed E-state index contributed by atoms with van der Waals surface area (Å²) in [7, 11) is 1.61. The van der Waals surface area contributed by atoms with Crippen molar-refractivity contribution in [1.29, 1.82) is 0 Å². The molecule has 3 aromatic rings. The van der Waals surface area contributed by atoms with E-state index in [1.165, 1.54) is 0 Å². The van der Waals surface area contributed by atoms with Gasteiger partial charge in [-0.1, -0.05) is 0 Å². The van der Waals surface area contributed by atoms with Crippen LogP contribution in [0.4, 0.5) is 11.5 Å². The Bertz CT molecular complexity index is 918. The Morgan fingerprint density at radius 2 is 2.17 bits per heavy atom. The monoisotopic (exact) mass is 342 g/mol. The second kappa shape index (κ2) is 5.89. The molecule has 0 spiro atoms. The van der Waals surface area contributed by atoms with Crippen LogP contribution in [-0.2, 0) is 0 Å². The van der Waals surface area contributed by atoms with Gasteiger partial charge in [-0.3, -0.25) is 0 Å². The van der Waals surface area contributed by atoms with Crippen LogP contribution in [0.3, 0.4) is 0 Å². The van der Waals surface area contributed by atoms with Gasteiger partial charge in [0.15, 0.2) is 5.65 Å². The lowest BCUT2D eigenvalue weighted by Gasteiger charge is -2.33. The SMILES string of the molecule is COc1ccc2c(c1)C(O)CCN2c1nc(Cl)nc2ncccc12. The van der Waals surface area contributed by atoms with Gasteiger partial charge in [0.25, 0.3) is 0 Å². The van der Waals surface area contributed by atoms with E-state index < -0.39 is 6.10 Å². The maximum Gasteiger partial charge on any atom is 0.226 e. The Hall–Kier alpha value is -2.44. The van der Waals surface area contributed by atoms with E-state index in [4.69, 9.17) is 16.3 Å². The summed E-state index contributed by atoms with van der Waals surface area (Å²) in [4.78, 5) is 14.9. The molecule has 1 aliphatic rings. The van der Waals surface area contributed by atoms with Crippen LogP contribution in [0, 0.1) is 0 Å². The highest BCUT2D eigenvalue weighted by atomic mass is 35.5. The topological polar surface area (TPSA) is 71.4 Å². The van der Waals surface area contributed by atoms with Gasteiger partial charge >= 0.3 is 0 Å². The Balaban J connectivity index is 1.92. The van der Waals surface area contributed by atoms with Crippen molar-refractivity contribution in [2.45, 2.75) is 12.5 Å². The minimum absolute atomic E-state index is 0.150. The second-order valence-corrected chi connectivity index (χ2v) is 5.91. The third-order valence-electron chi connectivity index (χ3n) is 4.19. The lowest BCUT2D eigenvalue weighted by atomic mass is 9.98. The highest BCUT2D eigenvalue weighted by Gasteiger charge is 2.27. The van der Waals surface area contributed by atoms with Crippen LogP contribution in [0.25, 0.3) is 11.0 Å². The molecule has 1 aliphatic heterocycles. The van der Waals surface area contributed by atoms with E-state index in [2.05, 4.69) is 15.0 Å². The number of methoxy groups -OCH3 is 1. The standard InChI is InChI=1S/C17H15ClN4O2/c1-24-10-4-5-13-12(9-10)14(23)6-8-22(13)16-11-3-2-7-19-15(11)20-17(18)21-16/h2-5,7,9,14,23H,6,8H2,1H3. The van der Waals surface area contributed by atoms with Gasteiger partial charge in [0.2, 0.25) is 5.28 Å². The second-order valence-electron chi connectivity index (χ2n) is 5.57. The zero-order chi connectivity index (χ0) is 16.7. The molecule has 24 heavy (non-hydrogen) atoms. The Kier molecular flexibility index (Phi) is 3.70. The van der Waals surface area contributed by atoms with Crippen molar-refractivity contribution in [3.63, 3.8) is 0 Å². The van der Waals surface area contributed by atoms with E-state index >= 15 is 0 Å². The zero-order valence-electron chi connectivity index (χ0n) is 13.0. The molecule has 6 nitrogen and oxygen atoms in total. The zero-order valence-corrected chi connectivity index (χ0v) is 13.7. The number of nitrogens with zero attached hydrogens (tertiary/aromatic N) is 4. The lowest BCUT2D eigenvalue weighted by molar-refractivity contribution is 0.165. The molecule has 0 saturated heterocycles. The number of hydrogen-bond acceptors (Lipinski definition) is 6. The molecule has 0 bridgehead atoms. The van der Waals surface area contributed by atoms with Crippen LogP contribution < -0.4 is 9.64 Å². The number of hydrogen-bond donors (Lipinski definition) is 1. The van der Waals surface area contributed by atoms with Gasteiger partial charge in [-0.25, -0.2) is 4.98 Å². The van der Waals surface area contributed by atoms with Crippen molar-refractivity contribution in [1.82, 2.24) is 15.0 Å². The molecular weight excluding hydrogens is 328 g/mol. The summed E-state index contributed by atoms with van der Waals surface area (Å²) in [5.41, 5.74) is 2.25. The van der Waals surface area contributed by atoms with Gasteiger partial charge in [-0.15, -0.1) is 0 Å². The molecule has 1 aromatic carbocycles. The maximum atomic E-state index is 10.4. The molecule has 7 heteroatoms. The minimum atomic E-state index is -0.534. The predicted octanol–water partition coefficient (Wildman–Crippen LogP) is 3.26. The first kappa shape index (κ1) is 15.1. The number of pyridine rings is 1. The first-order valence-corrected chi connectivity index (χ1v) is 7.97. The molecule has 2 aromatic heterocycles. The summed E-state index contributed by atoms with van der Waals surface area (Å²) in [6.07, 6.45) is 1.73. The van der Waals surface area contributed by atoms with Crippen LogP contribution in [0.15, 0.2) is 36.5 Å². The number of benzene rings is 1. The van der Waals surface area contributed by atoms with Crippen molar-refractivity contribution in [3.05, 3.63) is 47.4 Å². The smallest absolute Gasteiger partial charge is 0.226 e. The lowest BCUT2D eigenvalue weighted by Crippen LogP contribution is -2.28. The van der Waals surface area contributed by atoms with Crippen molar-refractivity contribution < 1.29 is 9.84 Å². The average Bonchev–Trinajstić information content (AvgIpc) is 2.61. The van der Waals surface area contributed by atoms with E-state index in [-0.39, 0.29) is 5.28 Å². The Morgan fingerprint density at radius 1 is 1.29 bits per heavy atom. The van der Waals surface area contributed by atoms with Crippen molar-refractivity contribution in [2.24, 2.45) is 0 Å². The van der Waals surface area contributed by atoms with E-state index in [0.29, 0.717) is 30.2 Å². The molecule has 1 N–H and O–H groups in total. The summed E-state index contributed by atoms with van der Waals surface area (Å²) >= 11 is 6.09. The first-order valence-electron chi connectivity index (χ1n) is 7.59. The number of aromatic nitrogens is 3. The predicted molar refractivity (Wildman–Crippen MR) is 91.9 cm³/mol. The molecule has 1 unspecified atom stereocenters. The van der Waals surface area contributed by atoms with Crippen molar-refractivity contribution in [2.75, 3.05) is 18.6 Å². The molecular formula is C17H15ClN4O2. The molecule has 1 atom stereocenters. The van der Waals surface area contributed by atoms with Crippen LogP contribution in [0.1, 0.15) is 18.1 Å². The van der Waals surface area contributed by atoms with E-state index in [1.807, 2.05) is 35.2 Å². The van der Waals surface area contributed by atoms with Gasteiger partial charge in [0, 0.05) is 24.0 Å². The summed E-state index contributed by atoms with van der Waals surface area (Å²) in [5, 5.41) is 11.3. The number of halogens is 1. The summed E-state index contributed by atoms with van der Waals surface area (Å²) in [6.45, 7) is 0.623. The Labute approximate surface area is 143 Å². The third kappa shape index (κ3) is 2.44. The molecule has 0 amide bonds. The van der Waals surface area contributed by atoms with E-state index in [1.54, 1.807) is 13.3 Å². The molecule has 3 heterocycles. The number of anilines is 2. The Morgan fingerprint density at radius 3 is 3.00 bits per heavy atom. The maximum absolute atomic E-state index is 10.4. The third-order valence-corrected chi connectivity index (χ3v) is 4.36. The first-order chi connectivity index (χ1) is 11.7. The summed E-state index contributed by atoms with van der Waals surface area (Å²) in [5.74, 6) is 1.40. The molecule has 0 radical (unpaired) electrons. The fraction of sp³-hybridized carbons (Fsp3) is 0.235. The molecule has 122 valence electrons. The fourth-order valence-electron chi connectivity index (χ4n) is 3.05. The van der Waals surface area contributed by atoms with Crippen molar-refractivity contribution >= 4 is 34.1 Å². The summed E-state index contributed by atoms with van der Waals surface area (Å²) in [6, 6.07) is 9.41. The van der Waals surface area contributed by atoms with Crippen LogP contribution in [0.2, 0.25) is 5.28 Å². The molecule has 0 fully saturated rings. The normalized spacial score (nSPS) is 17.0. The average molecular weight is 343 g/mol.